The van der Waals surface area contributed by atoms with E-state index in [1.54, 1.807) is 4.90 Å². The van der Waals surface area contributed by atoms with Crippen LogP contribution in [0.1, 0.15) is 18.5 Å². The lowest BCUT2D eigenvalue weighted by atomic mass is 9.99. The molecule has 1 aliphatic rings. The minimum absolute atomic E-state index is 0.0644. The summed E-state index contributed by atoms with van der Waals surface area (Å²) in [6.07, 6.45) is -1.03. The average molecular weight is 221 g/mol. The van der Waals surface area contributed by atoms with Gasteiger partial charge in [-0.25, -0.2) is 4.79 Å². The third kappa shape index (κ3) is 1.88. The van der Waals surface area contributed by atoms with Crippen molar-refractivity contribution in [3.05, 3.63) is 35.9 Å². The molecule has 16 heavy (non-hydrogen) atoms. The van der Waals surface area contributed by atoms with Crippen molar-refractivity contribution in [1.82, 2.24) is 4.90 Å². The molecule has 1 fully saturated rings. The van der Waals surface area contributed by atoms with Gasteiger partial charge < -0.3 is 9.84 Å². The van der Waals surface area contributed by atoms with Crippen LogP contribution in [-0.2, 0) is 4.74 Å². The van der Waals surface area contributed by atoms with Gasteiger partial charge in [0.15, 0.2) is 0 Å². The van der Waals surface area contributed by atoms with Crippen molar-refractivity contribution in [3.63, 3.8) is 0 Å². The molecule has 0 radical (unpaired) electrons. The minimum Gasteiger partial charge on any atom is -0.447 e. The molecular weight excluding hydrogens is 206 g/mol. The number of likely N-dealkylation sites (N-methyl/N-ethyl adjacent to an activating group) is 1. The van der Waals surface area contributed by atoms with Crippen molar-refractivity contribution in [3.8, 4) is 0 Å². The summed E-state index contributed by atoms with van der Waals surface area (Å²) in [5.74, 6) is 0. The van der Waals surface area contributed by atoms with Gasteiger partial charge in [-0.3, -0.25) is 4.90 Å². The standard InChI is InChI=1S/C12H15NO3/c1-2-13-11(9-6-4-3-5-7-9)10(14)8-16-12(13)15/h3-7,10-11,14H,2,8H2,1H3/t10-,11+/m1/s1. The molecule has 4 heteroatoms. The van der Waals surface area contributed by atoms with Gasteiger partial charge in [-0.15, -0.1) is 0 Å². The topological polar surface area (TPSA) is 49.8 Å². The second-order valence-corrected chi connectivity index (χ2v) is 3.79. The molecule has 1 aliphatic heterocycles. The fraction of sp³-hybridized carbons (Fsp3) is 0.417. The monoisotopic (exact) mass is 221 g/mol. The Morgan fingerprint density at radius 3 is 2.75 bits per heavy atom. The van der Waals surface area contributed by atoms with Crippen LogP contribution in [0.4, 0.5) is 4.79 Å². The summed E-state index contributed by atoms with van der Waals surface area (Å²) in [6.45, 7) is 2.46. The summed E-state index contributed by atoms with van der Waals surface area (Å²) < 4.78 is 4.88. The zero-order chi connectivity index (χ0) is 11.5. The van der Waals surface area contributed by atoms with Gasteiger partial charge in [0.2, 0.25) is 0 Å². The lowest BCUT2D eigenvalue weighted by molar-refractivity contribution is -0.0421. The van der Waals surface area contributed by atoms with E-state index in [1.807, 2.05) is 37.3 Å². The van der Waals surface area contributed by atoms with Crippen molar-refractivity contribution >= 4 is 6.09 Å². The average Bonchev–Trinajstić information content (AvgIpc) is 2.33. The van der Waals surface area contributed by atoms with Crippen molar-refractivity contribution in [2.45, 2.75) is 19.1 Å². The SMILES string of the molecule is CCN1C(=O)OC[C@@H](O)[C@@H]1c1ccccc1. The van der Waals surface area contributed by atoms with Crippen LogP contribution in [0.15, 0.2) is 30.3 Å². The van der Waals surface area contributed by atoms with Crippen LogP contribution in [-0.4, -0.2) is 35.4 Å². The van der Waals surface area contributed by atoms with Crippen molar-refractivity contribution < 1.29 is 14.6 Å². The minimum atomic E-state index is -0.667. The summed E-state index contributed by atoms with van der Waals surface area (Å²) in [4.78, 5) is 13.1. The first-order valence-corrected chi connectivity index (χ1v) is 5.40. The number of carbonyl (C=O) groups excluding carboxylic acids is 1. The van der Waals surface area contributed by atoms with Crippen molar-refractivity contribution in [2.24, 2.45) is 0 Å². The van der Waals surface area contributed by atoms with Gasteiger partial charge in [0.05, 0.1) is 6.04 Å². The van der Waals surface area contributed by atoms with Crippen LogP contribution in [0.3, 0.4) is 0 Å². The van der Waals surface area contributed by atoms with Crippen molar-refractivity contribution in [1.29, 1.82) is 0 Å². The second kappa shape index (κ2) is 4.53. The van der Waals surface area contributed by atoms with E-state index >= 15 is 0 Å². The summed E-state index contributed by atoms with van der Waals surface area (Å²) in [7, 11) is 0. The second-order valence-electron chi connectivity index (χ2n) is 3.79. The highest BCUT2D eigenvalue weighted by Crippen LogP contribution is 2.28. The van der Waals surface area contributed by atoms with E-state index in [0.717, 1.165) is 5.56 Å². The van der Waals surface area contributed by atoms with E-state index in [-0.39, 0.29) is 18.7 Å². The lowest BCUT2D eigenvalue weighted by Gasteiger charge is -2.37. The maximum Gasteiger partial charge on any atom is 0.410 e. The highest BCUT2D eigenvalue weighted by molar-refractivity contribution is 5.69. The number of amides is 1. The number of cyclic esters (lactones) is 1. The summed E-state index contributed by atoms with van der Waals surface area (Å²) in [6, 6.07) is 9.23. The van der Waals surface area contributed by atoms with Crippen molar-refractivity contribution in [2.75, 3.05) is 13.2 Å². The molecule has 86 valence electrons. The number of nitrogens with zero attached hydrogens (tertiary/aromatic N) is 1. The molecule has 4 nitrogen and oxygen atoms in total. The van der Waals surface area contributed by atoms with Crippen LogP contribution in [0.5, 0.6) is 0 Å². The number of aliphatic hydroxyl groups excluding tert-OH is 1. The zero-order valence-corrected chi connectivity index (χ0v) is 9.17. The highest BCUT2D eigenvalue weighted by Gasteiger charge is 2.36. The van der Waals surface area contributed by atoms with Gasteiger partial charge in [-0.2, -0.15) is 0 Å². The Bertz CT molecular complexity index is 366. The Labute approximate surface area is 94.4 Å². The Morgan fingerprint density at radius 2 is 2.12 bits per heavy atom. The third-order valence-electron chi connectivity index (χ3n) is 2.79. The summed E-state index contributed by atoms with van der Waals surface area (Å²) in [5.41, 5.74) is 0.938. The Morgan fingerprint density at radius 1 is 1.44 bits per heavy atom. The van der Waals surface area contributed by atoms with E-state index in [4.69, 9.17) is 4.74 Å². The van der Waals surface area contributed by atoms with E-state index in [2.05, 4.69) is 0 Å². The summed E-state index contributed by atoms with van der Waals surface area (Å²) in [5, 5.41) is 9.92. The first kappa shape index (κ1) is 11.0. The predicted molar refractivity (Wildman–Crippen MR) is 58.9 cm³/mol. The molecule has 1 aromatic carbocycles. The predicted octanol–water partition coefficient (Wildman–Crippen LogP) is 1.56. The number of ether oxygens (including phenoxy) is 1. The van der Waals surface area contributed by atoms with Crippen LogP contribution in [0, 0.1) is 0 Å². The number of benzene rings is 1. The number of carbonyl (C=O) groups is 1. The molecular formula is C12H15NO3. The number of hydrogen-bond donors (Lipinski definition) is 1. The largest absolute Gasteiger partial charge is 0.447 e. The third-order valence-corrected chi connectivity index (χ3v) is 2.79. The van der Waals surface area contributed by atoms with Gasteiger partial charge in [0.1, 0.15) is 12.7 Å². The Kier molecular flexibility index (Phi) is 3.10. The lowest BCUT2D eigenvalue weighted by Crippen LogP contribution is -2.48. The van der Waals surface area contributed by atoms with Gasteiger partial charge in [-0.1, -0.05) is 30.3 Å². The maximum absolute atomic E-state index is 11.5. The smallest absolute Gasteiger partial charge is 0.410 e. The molecule has 0 spiro atoms. The van der Waals surface area contributed by atoms with Crippen LogP contribution in [0.2, 0.25) is 0 Å². The van der Waals surface area contributed by atoms with Gasteiger partial charge >= 0.3 is 6.09 Å². The first-order chi connectivity index (χ1) is 7.74. The van der Waals surface area contributed by atoms with E-state index in [1.165, 1.54) is 0 Å². The number of hydrogen-bond acceptors (Lipinski definition) is 3. The molecule has 0 unspecified atom stereocenters. The highest BCUT2D eigenvalue weighted by atomic mass is 16.6. The first-order valence-electron chi connectivity index (χ1n) is 5.40. The van der Waals surface area contributed by atoms with Gasteiger partial charge in [-0.05, 0) is 12.5 Å². The molecule has 0 bridgehead atoms. The van der Waals surface area contributed by atoms with E-state index < -0.39 is 6.10 Å². The molecule has 1 N–H and O–H groups in total. The molecule has 2 rings (SSSR count). The molecule has 0 aromatic heterocycles. The molecule has 2 atom stereocenters. The molecule has 0 saturated carbocycles. The zero-order valence-electron chi connectivity index (χ0n) is 9.17. The van der Waals surface area contributed by atoms with Gasteiger partial charge in [0, 0.05) is 6.54 Å². The van der Waals surface area contributed by atoms with E-state index in [0.29, 0.717) is 6.54 Å². The molecule has 1 amide bonds. The molecule has 1 saturated heterocycles. The Balaban J connectivity index is 2.31. The molecule has 1 heterocycles. The van der Waals surface area contributed by atoms with Crippen LogP contribution >= 0.6 is 0 Å². The quantitative estimate of drug-likeness (QED) is 0.824. The summed E-state index contributed by atoms with van der Waals surface area (Å²) >= 11 is 0. The molecule has 0 aliphatic carbocycles. The fourth-order valence-electron chi connectivity index (χ4n) is 2.03. The van der Waals surface area contributed by atoms with E-state index in [9.17, 15) is 9.90 Å². The number of aliphatic hydroxyl groups is 1. The maximum atomic E-state index is 11.5. The number of rotatable bonds is 2. The fourth-order valence-corrected chi connectivity index (χ4v) is 2.03. The van der Waals surface area contributed by atoms with Crippen LogP contribution < -0.4 is 0 Å². The normalized spacial score (nSPS) is 25.4. The van der Waals surface area contributed by atoms with Crippen LogP contribution in [0.25, 0.3) is 0 Å². The van der Waals surface area contributed by atoms with Gasteiger partial charge in [0.25, 0.3) is 0 Å². The Hall–Kier alpha value is -1.55. The molecule has 1 aromatic rings.